The second kappa shape index (κ2) is 38.0. The van der Waals surface area contributed by atoms with E-state index in [-0.39, 0.29) is 0 Å². The first kappa shape index (κ1) is 41.0. The Morgan fingerprint density at radius 2 is 0.463 bits per heavy atom. The summed E-state index contributed by atoms with van der Waals surface area (Å²) in [5, 5.41) is 0. The molecule has 0 rings (SSSR count). The van der Waals surface area contributed by atoms with Gasteiger partial charge < -0.3 is 0 Å². The van der Waals surface area contributed by atoms with E-state index in [1.807, 2.05) is 0 Å². The topological polar surface area (TPSA) is 0 Å². The molecule has 247 valence electrons. The van der Waals surface area contributed by atoms with Crippen LogP contribution in [0.1, 0.15) is 251 Å². The molecule has 0 saturated heterocycles. The van der Waals surface area contributed by atoms with Crippen LogP contribution in [0.3, 0.4) is 0 Å². The number of hydrogen-bond acceptors (Lipinski definition) is 0. The zero-order chi connectivity index (χ0) is 29.7. The molecule has 0 aromatic rings. The minimum atomic E-state index is 0.968. The third kappa shape index (κ3) is 36.1. The van der Waals surface area contributed by atoms with E-state index in [1.54, 1.807) is 0 Å². The van der Waals surface area contributed by atoms with Crippen LogP contribution in [0.4, 0.5) is 0 Å². The molecule has 0 saturated carbocycles. The van der Waals surface area contributed by atoms with Crippen LogP contribution in [0.2, 0.25) is 0 Å². The molecule has 0 nitrogen and oxygen atoms in total. The Kier molecular flexibility index (Phi) is 38.0. The van der Waals surface area contributed by atoms with Gasteiger partial charge in [0.05, 0.1) is 0 Å². The van der Waals surface area contributed by atoms with E-state index in [1.165, 1.54) is 231 Å². The van der Waals surface area contributed by atoms with Gasteiger partial charge >= 0.3 is 0 Å². The summed E-state index contributed by atoms with van der Waals surface area (Å²) >= 11 is 0. The largest absolute Gasteiger partial charge is 0.0654 e. The number of rotatable bonds is 37. The van der Waals surface area contributed by atoms with Crippen molar-refractivity contribution in [1.29, 1.82) is 0 Å². The summed E-state index contributed by atoms with van der Waals surface area (Å²) in [6.07, 6.45) is 54.1. The van der Waals surface area contributed by atoms with Crippen molar-refractivity contribution < 1.29 is 0 Å². The molecule has 41 heavy (non-hydrogen) atoms. The molecule has 0 aromatic heterocycles. The third-order valence-electron chi connectivity index (χ3n) is 9.79. The summed E-state index contributed by atoms with van der Waals surface area (Å²) in [6.45, 7) is 8.80. The van der Waals surface area contributed by atoms with E-state index in [2.05, 4.69) is 20.8 Å². The second-order valence-corrected chi connectivity index (χ2v) is 14.0. The molecule has 0 amide bonds. The highest BCUT2D eigenvalue weighted by Crippen LogP contribution is 2.23. The van der Waals surface area contributed by atoms with Crippen molar-refractivity contribution in [3.05, 3.63) is 6.92 Å². The Morgan fingerprint density at radius 3 is 0.659 bits per heavy atom. The molecule has 0 aliphatic carbocycles. The highest BCUT2D eigenvalue weighted by atomic mass is 14.1. The Balaban J connectivity index is 3.34. The molecule has 1 radical (unpaired) electrons. The summed E-state index contributed by atoms with van der Waals surface area (Å²) in [7, 11) is 0. The smallest absolute Gasteiger partial charge is 0.0414 e. The van der Waals surface area contributed by atoms with Crippen molar-refractivity contribution in [2.75, 3.05) is 0 Å². The minimum absolute atomic E-state index is 0.968. The van der Waals surface area contributed by atoms with Gasteiger partial charge in [-0.15, -0.1) is 0 Å². The van der Waals surface area contributed by atoms with Gasteiger partial charge in [0.2, 0.25) is 0 Å². The molecule has 0 heteroatoms. The SMILES string of the molecule is [CH2]CCC(CCCCCCCCCCCCCCCCC)CCCCCCCCCCCCCCCCCCCC. The zero-order valence-corrected chi connectivity index (χ0v) is 29.4. The molecule has 0 aliphatic rings. The Labute approximate surface area is 263 Å². The van der Waals surface area contributed by atoms with Crippen LogP contribution < -0.4 is 0 Å². The molecule has 0 N–H and O–H groups in total. The lowest BCUT2D eigenvalue weighted by Gasteiger charge is -2.16. The van der Waals surface area contributed by atoms with Crippen LogP contribution in [0.25, 0.3) is 0 Å². The van der Waals surface area contributed by atoms with Crippen LogP contribution in [-0.2, 0) is 0 Å². The average molecular weight is 576 g/mol. The zero-order valence-electron chi connectivity index (χ0n) is 29.4. The van der Waals surface area contributed by atoms with Gasteiger partial charge in [-0.1, -0.05) is 258 Å². The first-order valence-electron chi connectivity index (χ1n) is 20.1. The van der Waals surface area contributed by atoms with E-state index in [4.69, 9.17) is 0 Å². The van der Waals surface area contributed by atoms with Gasteiger partial charge in [0.15, 0.2) is 0 Å². The molecule has 0 aromatic carbocycles. The van der Waals surface area contributed by atoms with E-state index in [0.29, 0.717) is 0 Å². The fraction of sp³-hybridized carbons (Fsp3) is 0.976. The predicted molar refractivity (Wildman–Crippen MR) is 191 cm³/mol. The molecule has 1 atom stereocenters. The van der Waals surface area contributed by atoms with Gasteiger partial charge in [-0.3, -0.25) is 0 Å². The monoisotopic (exact) mass is 576 g/mol. The first-order chi connectivity index (χ1) is 20.3. The Bertz CT molecular complexity index is 426. The molecule has 0 heterocycles. The van der Waals surface area contributed by atoms with Crippen molar-refractivity contribution >= 4 is 0 Å². The quantitative estimate of drug-likeness (QED) is 0.0646. The van der Waals surface area contributed by atoms with Crippen LogP contribution >= 0.6 is 0 Å². The lowest BCUT2D eigenvalue weighted by Crippen LogP contribution is -2.00. The molecule has 0 bridgehead atoms. The summed E-state index contributed by atoms with van der Waals surface area (Å²) in [5.41, 5.74) is 0. The normalized spacial score (nSPS) is 12.4. The van der Waals surface area contributed by atoms with Crippen LogP contribution in [-0.4, -0.2) is 0 Å². The number of unbranched alkanes of at least 4 members (excludes halogenated alkanes) is 31. The van der Waals surface area contributed by atoms with E-state index in [0.717, 1.165) is 12.3 Å². The van der Waals surface area contributed by atoms with Crippen molar-refractivity contribution in [3.63, 3.8) is 0 Å². The Morgan fingerprint density at radius 1 is 0.268 bits per heavy atom. The summed E-state index contributed by atoms with van der Waals surface area (Å²) in [6, 6.07) is 0. The highest BCUT2D eigenvalue weighted by molar-refractivity contribution is 4.62. The molecular formula is C41H83. The number of hydrogen-bond donors (Lipinski definition) is 0. The maximum atomic E-state index is 4.18. The lowest BCUT2D eigenvalue weighted by atomic mass is 9.90. The van der Waals surface area contributed by atoms with Crippen LogP contribution in [0, 0.1) is 12.8 Å². The maximum Gasteiger partial charge on any atom is -0.0414 e. The third-order valence-corrected chi connectivity index (χ3v) is 9.79. The molecule has 1 unspecified atom stereocenters. The lowest BCUT2D eigenvalue weighted by molar-refractivity contribution is 0.381. The summed E-state index contributed by atoms with van der Waals surface area (Å²) in [4.78, 5) is 0. The Hall–Kier alpha value is 0. The van der Waals surface area contributed by atoms with Crippen LogP contribution in [0.15, 0.2) is 0 Å². The van der Waals surface area contributed by atoms with Crippen molar-refractivity contribution in [2.24, 2.45) is 5.92 Å². The average Bonchev–Trinajstić information content (AvgIpc) is 2.98. The van der Waals surface area contributed by atoms with Gasteiger partial charge in [0.25, 0.3) is 0 Å². The maximum absolute atomic E-state index is 4.18. The standard InChI is InChI=1S/C41H83/c1-4-7-9-11-13-15-17-19-21-22-23-25-27-29-31-33-35-37-40-41(38-6-3)39-36-34-32-30-28-26-24-20-18-16-14-12-10-8-5-2/h41H,3-40H2,1-2H3. The van der Waals surface area contributed by atoms with Gasteiger partial charge in [-0.05, 0) is 5.92 Å². The summed E-state index contributed by atoms with van der Waals surface area (Å²) < 4.78 is 0. The van der Waals surface area contributed by atoms with Crippen molar-refractivity contribution in [1.82, 2.24) is 0 Å². The molecular weight excluding hydrogens is 492 g/mol. The van der Waals surface area contributed by atoms with Gasteiger partial charge in [0.1, 0.15) is 0 Å². The van der Waals surface area contributed by atoms with E-state index < -0.39 is 0 Å². The minimum Gasteiger partial charge on any atom is -0.0654 e. The fourth-order valence-corrected chi connectivity index (χ4v) is 6.86. The second-order valence-electron chi connectivity index (χ2n) is 14.0. The van der Waals surface area contributed by atoms with Crippen molar-refractivity contribution in [3.8, 4) is 0 Å². The van der Waals surface area contributed by atoms with Gasteiger partial charge in [0, 0.05) is 0 Å². The van der Waals surface area contributed by atoms with Crippen LogP contribution in [0.5, 0.6) is 0 Å². The first-order valence-corrected chi connectivity index (χ1v) is 20.1. The molecule has 0 aliphatic heterocycles. The molecule has 0 spiro atoms. The predicted octanol–water partition coefficient (Wildman–Crippen LogP) is 15.9. The highest BCUT2D eigenvalue weighted by Gasteiger charge is 2.07. The van der Waals surface area contributed by atoms with E-state index in [9.17, 15) is 0 Å². The summed E-state index contributed by atoms with van der Waals surface area (Å²) in [5.74, 6) is 0.968. The fourth-order valence-electron chi connectivity index (χ4n) is 6.86. The van der Waals surface area contributed by atoms with E-state index >= 15 is 0 Å². The molecule has 0 fully saturated rings. The van der Waals surface area contributed by atoms with Crippen molar-refractivity contribution in [2.45, 2.75) is 251 Å². The van der Waals surface area contributed by atoms with Gasteiger partial charge in [-0.2, -0.15) is 0 Å². The van der Waals surface area contributed by atoms with Gasteiger partial charge in [-0.25, -0.2) is 0 Å².